The fourth-order valence-corrected chi connectivity index (χ4v) is 2.08. The molecule has 0 amide bonds. The van der Waals surface area contributed by atoms with Crippen molar-refractivity contribution in [3.63, 3.8) is 0 Å². The summed E-state index contributed by atoms with van der Waals surface area (Å²) in [5, 5.41) is 9.06. The maximum Gasteiger partial charge on any atom is 0.339 e. The van der Waals surface area contributed by atoms with Crippen LogP contribution in [0.15, 0.2) is 35.3 Å². The van der Waals surface area contributed by atoms with Gasteiger partial charge in [-0.3, -0.25) is 4.79 Å². The standard InChI is InChI=1S/C15H15NO4/c1-9-6-11(8-16(2)14(9)17)10-4-5-12(15(18)19)13(7-10)20-3/h4-8H,1-3H3,(H,18,19). The summed E-state index contributed by atoms with van der Waals surface area (Å²) in [6.45, 7) is 1.74. The van der Waals surface area contributed by atoms with Crippen LogP contribution in [-0.2, 0) is 7.05 Å². The minimum Gasteiger partial charge on any atom is -0.496 e. The average molecular weight is 273 g/mol. The van der Waals surface area contributed by atoms with Gasteiger partial charge in [-0.05, 0) is 36.2 Å². The molecule has 0 unspecified atom stereocenters. The molecule has 0 aliphatic heterocycles. The molecule has 0 saturated heterocycles. The number of rotatable bonds is 3. The molecule has 5 heteroatoms. The first-order valence-corrected chi connectivity index (χ1v) is 6.03. The Hall–Kier alpha value is -2.56. The second kappa shape index (κ2) is 5.21. The molecule has 0 spiro atoms. The Morgan fingerprint density at radius 1 is 1.25 bits per heavy atom. The van der Waals surface area contributed by atoms with Crippen molar-refractivity contribution in [3.8, 4) is 16.9 Å². The van der Waals surface area contributed by atoms with Gasteiger partial charge in [0.2, 0.25) is 0 Å². The van der Waals surface area contributed by atoms with Crippen LogP contribution >= 0.6 is 0 Å². The van der Waals surface area contributed by atoms with Crippen LogP contribution in [0.4, 0.5) is 0 Å². The highest BCUT2D eigenvalue weighted by Crippen LogP contribution is 2.27. The van der Waals surface area contributed by atoms with Gasteiger partial charge in [-0.25, -0.2) is 4.79 Å². The third kappa shape index (κ3) is 2.42. The molecular formula is C15H15NO4. The third-order valence-corrected chi connectivity index (χ3v) is 3.13. The molecule has 1 heterocycles. The van der Waals surface area contributed by atoms with Crippen LogP contribution in [0.25, 0.3) is 11.1 Å². The van der Waals surface area contributed by atoms with Gasteiger partial charge in [0, 0.05) is 18.8 Å². The van der Waals surface area contributed by atoms with Crippen molar-refractivity contribution in [2.24, 2.45) is 7.05 Å². The number of carbonyl (C=O) groups is 1. The van der Waals surface area contributed by atoms with Crippen LogP contribution in [0, 0.1) is 6.92 Å². The molecule has 1 aromatic heterocycles. The van der Waals surface area contributed by atoms with Gasteiger partial charge < -0.3 is 14.4 Å². The molecule has 0 atom stereocenters. The minimum atomic E-state index is -1.04. The number of aromatic nitrogens is 1. The van der Waals surface area contributed by atoms with E-state index in [1.807, 2.05) is 0 Å². The van der Waals surface area contributed by atoms with Gasteiger partial charge in [0.05, 0.1) is 7.11 Å². The SMILES string of the molecule is COc1cc(-c2cc(C)c(=O)n(C)c2)ccc1C(=O)O. The number of pyridine rings is 1. The first-order valence-electron chi connectivity index (χ1n) is 6.03. The molecule has 0 fully saturated rings. The highest BCUT2D eigenvalue weighted by atomic mass is 16.5. The number of carboxylic acids is 1. The van der Waals surface area contributed by atoms with Crippen LogP contribution in [0.5, 0.6) is 5.75 Å². The number of aromatic carboxylic acids is 1. The lowest BCUT2D eigenvalue weighted by molar-refractivity contribution is 0.0693. The van der Waals surface area contributed by atoms with Gasteiger partial charge >= 0.3 is 5.97 Å². The molecular weight excluding hydrogens is 258 g/mol. The van der Waals surface area contributed by atoms with Gasteiger partial charge in [0.15, 0.2) is 0 Å². The first kappa shape index (κ1) is 13.9. The topological polar surface area (TPSA) is 68.5 Å². The summed E-state index contributed by atoms with van der Waals surface area (Å²) in [4.78, 5) is 22.7. The Bertz CT molecular complexity index is 705. The van der Waals surface area contributed by atoms with E-state index in [0.717, 1.165) is 11.1 Å². The summed E-state index contributed by atoms with van der Waals surface area (Å²) in [7, 11) is 3.11. The van der Waals surface area contributed by atoms with Crippen LogP contribution < -0.4 is 10.3 Å². The van der Waals surface area contributed by atoms with Crippen LogP contribution in [0.2, 0.25) is 0 Å². The molecule has 0 saturated carbocycles. The molecule has 1 N–H and O–H groups in total. The number of ether oxygens (including phenoxy) is 1. The molecule has 0 aliphatic rings. The molecule has 104 valence electrons. The smallest absolute Gasteiger partial charge is 0.339 e. The maximum absolute atomic E-state index is 11.7. The zero-order valence-corrected chi connectivity index (χ0v) is 11.5. The van der Waals surface area contributed by atoms with Gasteiger partial charge in [-0.15, -0.1) is 0 Å². The summed E-state index contributed by atoms with van der Waals surface area (Å²) >= 11 is 0. The molecule has 0 aliphatic carbocycles. The zero-order valence-electron chi connectivity index (χ0n) is 11.5. The van der Waals surface area contributed by atoms with E-state index in [1.54, 1.807) is 38.4 Å². The predicted octanol–water partition coefficient (Wildman–Crippen LogP) is 2.07. The Labute approximate surface area is 116 Å². The Morgan fingerprint density at radius 2 is 1.95 bits per heavy atom. The average Bonchev–Trinajstić information content (AvgIpc) is 2.43. The van der Waals surface area contributed by atoms with E-state index in [2.05, 4.69) is 0 Å². The quantitative estimate of drug-likeness (QED) is 0.929. The number of benzene rings is 1. The summed E-state index contributed by atoms with van der Waals surface area (Å²) in [5.74, 6) is -0.744. The summed E-state index contributed by atoms with van der Waals surface area (Å²) in [5.41, 5.74) is 2.32. The van der Waals surface area contributed by atoms with E-state index >= 15 is 0 Å². The number of methoxy groups -OCH3 is 1. The predicted molar refractivity (Wildman–Crippen MR) is 75.4 cm³/mol. The molecule has 2 aromatic rings. The van der Waals surface area contributed by atoms with Gasteiger partial charge in [-0.2, -0.15) is 0 Å². The summed E-state index contributed by atoms with van der Waals surface area (Å²) < 4.78 is 6.61. The fraction of sp³-hybridized carbons (Fsp3) is 0.200. The lowest BCUT2D eigenvalue weighted by Gasteiger charge is -2.10. The number of carboxylic acid groups (broad SMARTS) is 1. The van der Waals surface area contributed by atoms with Crippen molar-refractivity contribution in [1.29, 1.82) is 0 Å². The highest BCUT2D eigenvalue weighted by Gasteiger charge is 2.12. The summed E-state index contributed by atoms with van der Waals surface area (Å²) in [6, 6.07) is 6.63. The van der Waals surface area contributed by atoms with E-state index < -0.39 is 5.97 Å². The number of aryl methyl sites for hydroxylation is 2. The molecule has 1 aromatic carbocycles. The largest absolute Gasteiger partial charge is 0.496 e. The molecule has 2 rings (SSSR count). The normalized spacial score (nSPS) is 10.3. The number of hydrogen-bond acceptors (Lipinski definition) is 3. The Kier molecular flexibility index (Phi) is 3.61. The highest BCUT2D eigenvalue weighted by molar-refractivity contribution is 5.92. The van der Waals surface area contributed by atoms with Crippen LogP contribution in [-0.4, -0.2) is 22.8 Å². The van der Waals surface area contributed by atoms with Crippen LogP contribution in [0.3, 0.4) is 0 Å². The molecule has 5 nitrogen and oxygen atoms in total. The fourth-order valence-electron chi connectivity index (χ4n) is 2.08. The van der Waals surface area contributed by atoms with Crippen molar-refractivity contribution >= 4 is 5.97 Å². The second-order valence-electron chi connectivity index (χ2n) is 4.55. The molecule has 20 heavy (non-hydrogen) atoms. The minimum absolute atomic E-state index is 0.0529. The number of nitrogens with zero attached hydrogens (tertiary/aromatic N) is 1. The number of hydrogen-bond donors (Lipinski definition) is 1. The third-order valence-electron chi connectivity index (χ3n) is 3.13. The van der Waals surface area contributed by atoms with Crippen molar-refractivity contribution < 1.29 is 14.6 Å². The van der Waals surface area contributed by atoms with E-state index in [4.69, 9.17) is 9.84 Å². The Morgan fingerprint density at radius 3 is 2.50 bits per heavy atom. The van der Waals surface area contributed by atoms with Gasteiger partial charge in [0.1, 0.15) is 11.3 Å². The lowest BCUT2D eigenvalue weighted by Crippen LogP contribution is -2.18. The zero-order chi connectivity index (χ0) is 14.9. The van der Waals surface area contributed by atoms with E-state index in [-0.39, 0.29) is 11.1 Å². The van der Waals surface area contributed by atoms with Crippen LogP contribution in [0.1, 0.15) is 15.9 Å². The molecule has 0 bridgehead atoms. The van der Waals surface area contributed by atoms with Crippen molar-refractivity contribution in [1.82, 2.24) is 4.57 Å². The monoisotopic (exact) mass is 273 g/mol. The van der Waals surface area contributed by atoms with Crippen molar-refractivity contribution in [2.45, 2.75) is 6.92 Å². The van der Waals surface area contributed by atoms with E-state index in [1.165, 1.54) is 17.7 Å². The van der Waals surface area contributed by atoms with E-state index in [0.29, 0.717) is 11.3 Å². The van der Waals surface area contributed by atoms with Crippen molar-refractivity contribution in [3.05, 3.63) is 51.9 Å². The second-order valence-corrected chi connectivity index (χ2v) is 4.55. The Balaban J connectivity index is 2.59. The maximum atomic E-state index is 11.7. The first-order chi connectivity index (χ1) is 9.43. The van der Waals surface area contributed by atoms with Gasteiger partial charge in [0.25, 0.3) is 5.56 Å². The summed E-state index contributed by atoms with van der Waals surface area (Å²) in [6.07, 6.45) is 1.71. The van der Waals surface area contributed by atoms with Crippen molar-refractivity contribution in [2.75, 3.05) is 7.11 Å². The lowest BCUT2D eigenvalue weighted by atomic mass is 10.0. The van der Waals surface area contributed by atoms with E-state index in [9.17, 15) is 9.59 Å². The molecule has 0 radical (unpaired) electrons. The van der Waals surface area contributed by atoms with Gasteiger partial charge in [-0.1, -0.05) is 6.07 Å².